The van der Waals surface area contributed by atoms with Crippen LogP contribution < -0.4 is 19.5 Å². The van der Waals surface area contributed by atoms with Crippen LogP contribution in [0.2, 0.25) is 0 Å². The fourth-order valence-electron chi connectivity index (χ4n) is 2.14. The first-order valence-corrected chi connectivity index (χ1v) is 8.28. The van der Waals surface area contributed by atoms with Gasteiger partial charge < -0.3 is 19.5 Å². The highest BCUT2D eigenvalue weighted by Crippen LogP contribution is 2.33. The number of halogens is 1. The summed E-state index contributed by atoms with van der Waals surface area (Å²) in [6.45, 7) is 0.502. The number of carbonyl (C=O) groups is 1. The Bertz CT molecular complexity index is 676. The van der Waals surface area contributed by atoms with Crippen LogP contribution in [0.3, 0.4) is 0 Å². The average Bonchev–Trinajstić information content (AvgIpc) is 2.61. The molecule has 24 heavy (non-hydrogen) atoms. The fourth-order valence-corrected chi connectivity index (χ4v) is 2.66. The average molecular weight is 394 g/mol. The number of hydrogen-bond donors (Lipinski definition) is 1. The van der Waals surface area contributed by atoms with Crippen LogP contribution in [0.1, 0.15) is 5.56 Å². The molecule has 0 atom stereocenters. The second-order valence-electron chi connectivity index (χ2n) is 5.00. The Morgan fingerprint density at radius 1 is 1.08 bits per heavy atom. The molecule has 0 aliphatic heterocycles. The highest BCUT2D eigenvalue weighted by Gasteiger charge is 2.10. The predicted molar refractivity (Wildman–Crippen MR) is 95.9 cm³/mol. The second kappa shape index (κ2) is 9.17. The molecule has 2 rings (SSSR count). The van der Waals surface area contributed by atoms with Crippen molar-refractivity contribution in [2.45, 2.75) is 6.42 Å². The molecule has 0 spiro atoms. The molecule has 128 valence electrons. The first kappa shape index (κ1) is 18.1. The maximum atomic E-state index is 11.8. The van der Waals surface area contributed by atoms with Crippen LogP contribution in [-0.4, -0.2) is 33.3 Å². The molecule has 6 heteroatoms. The molecule has 0 aliphatic rings. The lowest BCUT2D eigenvalue weighted by atomic mass is 10.1. The standard InChI is InChI=1S/C18H20BrNO4/c1-22-16-10-13(15(19)11-17(16)23-2)8-9-20-18(21)12-24-14-6-4-3-5-7-14/h3-7,10-11H,8-9,12H2,1-2H3,(H,20,21). The molecule has 0 saturated carbocycles. The van der Waals surface area contributed by atoms with Crippen LogP contribution in [-0.2, 0) is 11.2 Å². The van der Waals surface area contributed by atoms with Crippen molar-refractivity contribution >= 4 is 21.8 Å². The lowest BCUT2D eigenvalue weighted by Gasteiger charge is -2.12. The van der Waals surface area contributed by atoms with Gasteiger partial charge in [0.25, 0.3) is 5.91 Å². The van der Waals surface area contributed by atoms with E-state index in [2.05, 4.69) is 21.2 Å². The Kier molecular flexibility index (Phi) is 6.93. The summed E-state index contributed by atoms with van der Waals surface area (Å²) in [5.74, 6) is 1.84. The minimum atomic E-state index is -0.157. The highest BCUT2D eigenvalue weighted by molar-refractivity contribution is 9.10. The Balaban J connectivity index is 1.82. The molecule has 0 heterocycles. The number of hydrogen-bond acceptors (Lipinski definition) is 4. The van der Waals surface area contributed by atoms with E-state index in [0.29, 0.717) is 30.2 Å². The van der Waals surface area contributed by atoms with Gasteiger partial charge in [-0.1, -0.05) is 34.1 Å². The maximum absolute atomic E-state index is 11.8. The van der Waals surface area contributed by atoms with Gasteiger partial charge in [-0.15, -0.1) is 0 Å². The van der Waals surface area contributed by atoms with Gasteiger partial charge in [0, 0.05) is 11.0 Å². The molecule has 2 aromatic carbocycles. The van der Waals surface area contributed by atoms with Crippen LogP contribution >= 0.6 is 15.9 Å². The van der Waals surface area contributed by atoms with Gasteiger partial charge in [0.15, 0.2) is 18.1 Å². The molecule has 0 fully saturated rings. The van der Waals surface area contributed by atoms with E-state index >= 15 is 0 Å². The number of nitrogens with one attached hydrogen (secondary N) is 1. The third kappa shape index (κ3) is 5.16. The SMILES string of the molecule is COc1cc(Br)c(CCNC(=O)COc2ccccc2)cc1OC. The van der Waals surface area contributed by atoms with E-state index in [1.165, 1.54) is 0 Å². The number of rotatable bonds is 8. The van der Waals surface area contributed by atoms with Gasteiger partial charge >= 0.3 is 0 Å². The summed E-state index contributed by atoms with van der Waals surface area (Å²) in [6, 6.07) is 13.0. The van der Waals surface area contributed by atoms with Crippen molar-refractivity contribution in [3.63, 3.8) is 0 Å². The Hall–Kier alpha value is -2.21. The van der Waals surface area contributed by atoms with Gasteiger partial charge in [0.2, 0.25) is 0 Å². The zero-order chi connectivity index (χ0) is 17.4. The first-order valence-electron chi connectivity index (χ1n) is 7.49. The summed E-state index contributed by atoms with van der Waals surface area (Å²) in [4.78, 5) is 11.8. The zero-order valence-corrected chi connectivity index (χ0v) is 15.3. The van der Waals surface area contributed by atoms with Crippen molar-refractivity contribution < 1.29 is 19.0 Å². The first-order chi connectivity index (χ1) is 11.6. The van der Waals surface area contributed by atoms with Gasteiger partial charge in [-0.2, -0.15) is 0 Å². The van der Waals surface area contributed by atoms with Crippen molar-refractivity contribution in [2.24, 2.45) is 0 Å². The number of benzene rings is 2. The van der Waals surface area contributed by atoms with Crippen LogP contribution in [0, 0.1) is 0 Å². The van der Waals surface area contributed by atoms with E-state index in [1.807, 2.05) is 42.5 Å². The molecule has 0 saturated heterocycles. The summed E-state index contributed by atoms with van der Waals surface area (Å²) in [5.41, 5.74) is 1.02. The van der Waals surface area contributed by atoms with Crippen molar-refractivity contribution in [3.8, 4) is 17.2 Å². The predicted octanol–water partition coefficient (Wildman–Crippen LogP) is 3.20. The molecule has 1 amide bonds. The van der Waals surface area contributed by atoms with E-state index in [9.17, 15) is 4.79 Å². The van der Waals surface area contributed by atoms with Crippen LogP contribution in [0.25, 0.3) is 0 Å². The maximum Gasteiger partial charge on any atom is 0.257 e. The molecule has 0 unspecified atom stereocenters. The molecule has 0 aromatic heterocycles. The molecule has 1 N–H and O–H groups in total. The third-order valence-corrected chi connectivity index (χ3v) is 4.12. The van der Waals surface area contributed by atoms with Gasteiger partial charge in [0.05, 0.1) is 14.2 Å². The molecular formula is C18H20BrNO4. The second-order valence-corrected chi connectivity index (χ2v) is 5.85. The normalized spacial score (nSPS) is 10.1. The number of methoxy groups -OCH3 is 2. The van der Waals surface area contributed by atoms with Gasteiger partial charge in [0.1, 0.15) is 5.75 Å². The van der Waals surface area contributed by atoms with Crippen LogP contribution in [0.4, 0.5) is 0 Å². The fraction of sp³-hybridized carbons (Fsp3) is 0.278. The van der Waals surface area contributed by atoms with E-state index in [-0.39, 0.29) is 12.5 Å². The van der Waals surface area contributed by atoms with Crippen molar-refractivity contribution in [1.82, 2.24) is 5.32 Å². The summed E-state index contributed by atoms with van der Waals surface area (Å²) in [7, 11) is 3.19. The Labute approximate surface area is 150 Å². The quantitative estimate of drug-likeness (QED) is 0.747. The highest BCUT2D eigenvalue weighted by atomic mass is 79.9. The minimum Gasteiger partial charge on any atom is -0.493 e. The van der Waals surface area contributed by atoms with Gasteiger partial charge in [-0.05, 0) is 36.2 Å². The van der Waals surface area contributed by atoms with Crippen molar-refractivity contribution in [2.75, 3.05) is 27.4 Å². The number of amides is 1. The molecule has 0 bridgehead atoms. The van der Waals surface area contributed by atoms with Crippen molar-refractivity contribution in [3.05, 3.63) is 52.5 Å². The Morgan fingerprint density at radius 2 is 1.75 bits per heavy atom. The van der Waals surface area contributed by atoms with E-state index in [4.69, 9.17) is 14.2 Å². The van der Waals surface area contributed by atoms with E-state index in [0.717, 1.165) is 10.0 Å². The van der Waals surface area contributed by atoms with Crippen molar-refractivity contribution in [1.29, 1.82) is 0 Å². The lowest BCUT2D eigenvalue weighted by Crippen LogP contribution is -2.30. The minimum absolute atomic E-state index is 0.00286. The summed E-state index contributed by atoms with van der Waals surface area (Å²) >= 11 is 3.51. The summed E-state index contributed by atoms with van der Waals surface area (Å²) < 4.78 is 16.9. The van der Waals surface area contributed by atoms with Gasteiger partial charge in [-0.25, -0.2) is 0 Å². The lowest BCUT2D eigenvalue weighted by molar-refractivity contribution is -0.123. The molecule has 2 aromatic rings. The topological polar surface area (TPSA) is 56.8 Å². The summed E-state index contributed by atoms with van der Waals surface area (Å²) in [6.07, 6.45) is 0.665. The smallest absolute Gasteiger partial charge is 0.257 e. The zero-order valence-electron chi connectivity index (χ0n) is 13.7. The molecular weight excluding hydrogens is 374 g/mol. The molecule has 0 radical (unpaired) electrons. The van der Waals surface area contributed by atoms with Crippen LogP contribution in [0.5, 0.6) is 17.2 Å². The Morgan fingerprint density at radius 3 is 2.42 bits per heavy atom. The third-order valence-electron chi connectivity index (χ3n) is 3.38. The monoisotopic (exact) mass is 393 g/mol. The number of ether oxygens (including phenoxy) is 3. The summed E-state index contributed by atoms with van der Waals surface area (Å²) in [5, 5.41) is 2.84. The van der Waals surface area contributed by atoms with E-state index in [1.54, 1.807) is 14.2 Å². The molecule has 5 nitrogen and oxygen atoms in total. The number of para-hydroxylation sites is 1. The molecule has 0 aliphatic carbocycles. The van der Waals surface area contributed by atoms with Gasteiger partial charge in [-0.3, -0.25) is 4.79 Å². The number of carbonyl (C=O) groups excluding carboxylic acids is 1. The van der Waals surface area contributed by atoms with Crippen LogP contribution in [0.15, 0.2) is 46.9 Å². The van der Waals surface area contributed by atoms with E-state index < -0.39 is 0 Å². The largest absolute Gasteiger partial charge is 0.493 e.